The van der Waals surface area contributed by atoms with Crippen molar-refractivity contribution in [2.45, 2.75) is 82.0 Å². The maximum Gasteiger partial charge on any atom is 0.326 e. The summed E-state index contributed by atoms with van der Waals surface area (Å²) >= 11 is 4.12. The van der Waals surface area contributed by atoms with Gasteiger partial charge in [-0.3, -0.25) is 14.4 Å². The monoisotopic (exact) mass is 505 g/mol. The first-order valence-corrected chi connectivity index (χ1v) is 12.5. The van der Waals surface area contributed by atoms with Crippen molar-refractivity contribution in [2.75, 3.05) is 25.4 Å². The van der Waals surface area contributed by atoms with E-state index < -0.39 is 47.9 Å². The fourth-order valence-corrected chi connectivity index (χ4v) is 3.43. The maximum atomic E-state index is 12.9. The first kappa shape index (κ1) is 32.1. The van der Waals surface area contributed by atoms with Crippen LogP contribution in [-0.4, -0.2) is 78.4 Å². The molecule has 0 rings (SSSR count). The molecule has 12 N–H and O–H groups in total. The standard InChI is InChI=1S/C21H43N7O5S/c22-10-4-1-7-14(25)18(29)26-15(8-2-5-11-23)19(30)28-17(13-34)20(31)27-16(21(32)33)9-3-6-12-24/h14-17,34H,1-13,22-25H2,(H,26,29)(H,27,31)(H,28,30)(H,32,33). The van der Waals surface area contributed by atoms with Gasteiger partial charge in [0.2, 0.25) is 17.7 Å². The van der Waals surface area contributed by atoms with Gasteiger partial charge in [-0.25, -0.2) is 4.79 Å². The molecule has 0 aromatic carbocycles. The highest BCUT2D eigenvalue weighted by Crippen LogP contribution is 2.06. The van der Waals surface area contributed by atoms with Gasteiger partial charge >= 0.3 is 5.97 Å². The van der Waals surface area contributed by atoms with Crippen molar-refractivity contribution in [3.8, 4) is 0 Å². The Bertz CT molecular complexity index is 626. The molecule has 0 spiro atoms. The van der Waals surface area contributed by atoms with Crippen molar-refractivity contribution in [1.29, 1.82) is 0 Å². The molecule has 0 aliphatic rings. The van der Waals surface area contributed by atoms with E-state index in [1.165, 1.54) is 0 Å². The lowest BCUT2D eigenvalue weighted by atomic mass is 10.1. The van der Waals surface area contributed by atoms with Crippen LogP contribution in [0.3, 0.4) is 0 Å². The minimum absolute atomic E-state index is 0.0607. The molecule has 3 amide bonds. The molecule has 0 saturated heterocycles. The van der Waals surface area contributed by atoms with Crippen molar-refractivity contribution in [3.63, 3.8) is 0 Å². The van der Waals surface area contributed by atoms with E-state index in [0.29, 0.717) is 64.6 Å². The normalized spacial score (nSPS) is 14.5. The zero-order valence-electron chi connectivity index (χ0n) is 19.8. The van der Waals surface area contributed by atoms with E-state index in [2.05, 4.69) is 28.6 Å². The van der Waals surface area contributed by atoms with E-state index in [9.17, 15) is 24.3 Å². The molecule has 13 heteroatoms. The molecule has 4 unspecified atom stereocenters. The fraction of sp³-hybridized carbons (Fsp3) is 0.810. The van der Waals surface area contributed by atoms with Gasteiger partial charge < -0.3 is 44.0 Å². The SMILES string of the molecule is NCCCCC(N)C(=O)NC(CCCCN)C(=O)NC(CS)C(=O)NC(CCCCN)C(=O)O. The first-order valence-electron chi connectivity index (χ1n) is 11.8. The molecule has 34 heavy (non-hydrogen) atoms. The van der Waals surface area contributed by atoms with Gasteiger partial charge in [0.1, 0.15) is 18.1 Å². The summed E-state index contributed by atoms with van der Waals surface area (Å²) in [6.07, 6.45) is 4.78. The van der Waals surface area contributed by atoms with E-state index in [1.807, 2.05) is 0 Å². The lowest BCUT2D eigenvalue weighted by Crippen LogP contribution is -2.57. The van der Waals surface area contributed by atoms with Crippen LogP contribution in [0.15, 0.2) is 0 Å². The number of carboxylic acid groups (broad SMARTS) is 1. The Hall–Kier alpha value is -1.93. The molecule has 0 fully saturated rings. The molecule has 0 bridgehead atoms. The molecule has 0 saturated carbocycles. The molecule has 0 aromatic heterocycles. The second-order valence-corrected chi connectivity index (χ2v) is 8.53. The Morgan fingerprint density at radius 1 is 0.647 bits per heavy atom. The van der Waals surface area contributed by atoms with Crippen LogP contribution in [0, 0.1) is 0 Å². The van der Waals surface area contributed by atoms with Crippen LogP contribution in [0.1, 0.15) is 57.8 Å². The van der Waals surface area contributed by atoms with Crippen LogP contribution in [0.4, 0.5) is 0 Å². The van der Waals surface area contributed by atoms with Gasteiger partial charge in [-0.2, -0.15) is 12.6 Å². The van der Waals surface area contributed by atoms with Gasteiger partial charge in [-0.15, -0.1) is 0 Å². The molecule has 0 radical (unpaired) electrons. The summed E-state index contributed by atoms with van der Waals surface area (Å²) in [7, 11) is 0. The lowest BCUT2D eigenvalue weighted by molar-refractivity contribution is -0.142. The minimum atomic E-state index is -1.18. The highest BCUT2D eigenvalue weighted by atomic mass is 32.1. The van der Waals surface area contributed by atoms with Crippen molar-refractivity contribution in [3.05, 3.63) is 0 Å². The van der Waals surface area contributed by atoms with Crippen LogP contribution in [0.2, 0.25) is 0 Å². The summed E-state index contributed by atoms with van der Waals surface area (Å²) in [6.45, 7) is 1.36. The average molecular weight is 506 g/mol. The highest BCUT2D eigenvalue weighted by molar-refractivity contribution is 7.80. The fourth-order valence-electron chi connectivity index (χ4n) is 3.17. The summed E-state index contributed by atoms with van der Waals surface area (Å²) < 4.78 is 0. The van der Waals surface area contributed by atoms with E-state index in [4.69, 9.17) is 22.9 Å². The Labute approximate surface area is 207 Å². The number of carboxylic acids is 1. The third-order valence-electron chi connectivity index (χ3n) is 5.26. The maximum absolute atomic E-state index is 12.9. The van der Waals surface area contributed by atoms with Crippen LogP contribution in [0.5, 0.6) is 0 Å². The predicted octanol–water partition coefficient (Wildman–Crippen LogP) is -1.83. The lowest BCUT2D eigenvalue weighted by Gasteiger charge is -2.24. The number of carbonyl (C=O) groups is 4. The molecule has 198 valence electrons. The number of thiol groups is 1. The first-order chi connectivity index (χ1) is 16.2. The topological polar surface area (TPSA) is 229 Å². The van der Waals surface area contributed by atoms with Gasteiger partial charge in [0.15, 0.2) is 0 Å². The summed E-state index contributed by atoms with van der Waals surface area (Å²) in [5.41, 5.74) is 22.3. The summed E-state index contributed by atoms with van der Waals surface area (Å²) in [6, 6.07) is -3.90. The number of nitrogens with one attached hydrogen (secondary N) is 3. The second-order valence-electron chi connectivity index (χ2n) is 8.16. The summed E-state index contributed by atoms with van der Waals surface area (Å²) in [4.78, 5) is 49.5. The highest BCUT2D eigenvalue weighted by Gasteiger charge is 2.29. The largest absolute Gasteiger partial charge is 0.480 e. The van der Waals surface area contributed by atoms with Gasteiger partial charge in [0.25, 0.3) is 0 Å². The number of aliphatic carboxylic acids is 1. The third kappa shape index (κ3) is 13.7. The number of amides is 3. The predicted molar refractivity (Wildman–Crippen MR) is 134 cm³/mol. The zero-order valence-corrected chi connectivity index (χ0v) is 20.7. The average Bonchev–Trinajstić information content (AvgIpc) is 2.80. The zero-order chi connectivity index (χ0) is 25.9. The Morgan fingerprint density at radius 3 is 1.53 bits per heavy atom. The number of hydrogen-bond acceptors (Lipinski definition) is 9. The Kier molecular flexibility index (Phi) is 18.3. The van der Waals surface area contributed by atoms with Crippen molar-refractivity contribution in [1.82, 2.24) is 16.0 Å². The molecule has 0 aliphatic carbocycles. The number of hydrogen-bond donors (Lipinski definition) is 9. The summed E-state index contributed by atoms with van der Waals surface area (Å²) in [5, 5.41) is 17.0. The van der Waals surface area contributed by atoms with Crippen LogP contribution in [-0.2, 0) is 19.2 Å². The number of nitrogens with two attached hydrogens (primary N) is 4. The second kappa shape index (κ2) is 19.4. The quantitative estimate of drug-likeness (QED) is 0.0668. The number of unbranched alkanes of at least 4 members (excludes halogenated alkanes) is 3. The van der Waals surface area contributed by atoms with E-state index in [-0.39, 0.29) is 12.2 Å². The van der Waals surface area contributed by atoms with Gasteiger partial charge in [0, 0.05) is 5.75 Å². The van der Waals surface area contributed by atoms with E-state index in [1.54, 1.807) is 0 Å². The minimum Gasteiger partial charge on any atom is -0.480 e. The summed E-state index contributed by atoms with van der Waals surface area (Å²) in [5.74, 6) is -2.96. The molecule has 12 nitrogen and oxygen atoms in total. The Morgan fingerprint density at radius 2 is 1.06 bits per heavy atom. The van der Waals surface area contributed by atoms with Crippen molar-refractivity contribution < 1.29 is 24.3 Å². The molecule has 0 aromatic rings. The van der Waals surface area contributed by atoms with E-state index >= 15 is 0 Å². The van der Waals surface area contributed by atoms with Crippen molar-refractivity contribution >= 4 is 36.3 Å². The smallest absolute Gasteiger partial charge is 0.326 e. The van der Waals surface area contributed by atoms with E-state index in [0.717, 1.165) is 6.42 Å². The molecule has 0 heterocycles. The molecular formula is C21H43N7O5S. The van der Waals surface area contributed by atoms with Crippen LogP contribution in [0.25, 0.3) is 0 Å². The number of carbonyl (C=O) groups excluding carboxylic acids is 3. The van der Waals surface area contributed by atoms with Gasteiger partial charge in [0.05, 0.1) is 6.04 Å². The van der Waals surface area contributed by atoms with Crippen LogP contribution >= 0.6 is 12.6 Å². The third-order valence-corrected chi connectivity index (χ3v) is 5.63. The molecule has 0 aliphatic heterocycles. The Balaban J connectivity index is 5.13. The van der Waals surface area contributed by atoms with Gasteiger partial charge in [-0.05, 0) is 71.0 Å². The van der Waals surface area contributed by atoms with Crippen molar-refractivity contribution in [2.24, 2.45) is 22.9 Å². The molecular weight excluding hydrogens is 462 g/mol. The van der Waals surface area contributed by atoms with Crippen LogP contribution < -0.4 is 38.9 Å². The van der Waals surface area contributed by atoms with Gasteiger partial charge in [-0.1, -0.05) is 6.42 Å². The molecule has 4 atom stereocenters. The number of rotatable bonds is 20.